The Morgan fingerprint density at radius 3 is 2.75 bits per heavy atom. The number of nitrogens with zero attached hydrogens (tertiary/aromatic N) is 1. The predicted molar refractivity (Wildman–Crippen MR) is 80.0 cm³/mol. The van der Waals surface area contributed by atoms with Crippen LogP contribution in [0.15, 0.2) is 30.4 Å². The van der Waals surface area contributed by atoms with Crippen molar-refractivity contribution in [2.24, 2.45) is 0 Å². The molecule has 1 N–H and O–H groups in total. The van der Waals surface area contributed by atoms with Gasteiger partial charge in [-0.2, -0.15) is 0 Å². The van der Waals surface area contributed by atoms with E-state index in [9.17, 15) is 10.1 Å². The van der Waals surface area contributed by atoms with Crippen LogP contribution in [-0.2, 0) is 6.54 Å². The molecule has 20 heavy (non-hydrogen) atoms. The molecule has 1 aromatic carbocycles. The fraction of sp³-hybridized carbons (Fsp3) is 0.467. The topological polar surface area (TPSA) is 64.4 Å². The largest absolute Gasteiger partial charge is 0.482 e. The minimum Gasteiger partial charge on any atom is -0.482 e. The average molecular weight is 278 g/mol. The monoisotopic (exact) mass is 278 g/mol. The van der Waals surface area contributed by atoms with Crippen molar-refractivity contribution in [3.63, 3.8) is 0 Å². The smallest absolute Gasteiger partial charge is 0.311 e. The summed E-state index contributed by atoms with van der Waals surface area (Å²) in [4.78, 5) is 10.7. The maximum absolute atomic E-state index is 11.1. The van der Waals surface area contributed by atoms with Crippen LogP contribution in [-0.4, -0.2) is 17.6 Å². The van der Waals surface area contributed by atoms with E-state index in [1.54, 1.807) is 12.1 Å². The number of hydrogen-bond acceptors (Lipinski definition) is 4. The highest BCUT2D eigenvalue weighted by Crippen LogP contribution is 2.28. The van der Waals surface area contributed by atoms with Gasteiger partial charge in [-0.3, -0.25) is 10.1 Å². The standard InChI is InChI=1S/C15H22N2O3/c1-5-12(4)10-20-15-7-6-13(9-16-11(2)3)8-14(15)17(18)19/h6-8,11,16H,4-5,9-10H2,1-3H3. The first kappa shape index (κ1) is 16.2. The van der Waals surface area contributed by atoms with E-state index in [-0.39, 0.29) is 11.4 Å². The van der Waals surface area contributed by atoms with E-state index in [0.717, 1.165) is 17.6 Å². The summed E-state index contributed by atoms with van der Waals surface area (Å²) in [5, 5.41) is 14.3. The second-order valence-corrected chi connectivity index (χ2v) is 4.99. The van der Waals surface area contributed by atoms with Gasteiger partial charge in [0, 0.05) is 18.7 Å². The maximum Gasteiger partial charge on any atom is 0.311 e. The van der Waals surface area contributed by atoms with Gasteiger partial charge in [-0.15, -0.1) is 0 Å². The number of nitro benzene ring substituents is 1. The Bertz CT molecular complexity index is 484. The molecule has 0 unspecified atom stereocenters. The summed E-state index contributed by atoms with van der Waals surface area (Å²) in [5.41, 5.74) is 1.77. The molecule has 0 amide bonds. The van der Waals surface area contributed by atoms with Crippen LogP contribution < -0.4 is 10.1 Å². The van der Waals surface area contributed by atoms with Gasteiger partial charge in [0.15, 0.2) is 5.75 Å². The second-order valence-electron chi connectivity index (χ2n) is 4.99. The lowest BCUT2D eigenvalue weighted by Gasteiger charge is -2.11. The first-order valence-corrected chi connectivity index (χ1v) is 6.74. The van der Waals surface area contributed by atoms with E-state index in [1.165, 1.54) is 0 Å². The Morgan fingerprint density at radius 1 is 1.50 bits per heavy atom. The summed E-state index contributed by atoms with van der Waals surface area (Å²) in [6.07, 6.45) is 0.796. The normalized spacial score (nSPS) is 10.6. The summed E-state index contributed by atoms with van der Waals surface area (Å²) in [6, 6.07) is 5.38. The molecule has 0 heterocycles. The summed E-state index contributed by atoms with van der Waals surface area (Å²) in [5.74, 6) is 0.290. The van der Waals surface area contributed by atoms with Crippen LogP contribution >= 0.6 is 0 Å². The van der Waals surface area contributed by atoms with Crippen LogP contribution in [0.5, 0.6) is 5.75 Å². The molecule has 1 rings (SSSR count). The summed E-state index contributed by atoms with van der Waals surface area (Å²) >= 11 is 0. The Balaban J connectivity index is 2.84. The minimum atomic E-state index is -0.414. The second kappa shape index (κ2) is 7.65. The van der Waals surface area contributed by atoms with E-state index in [0.29, 0.717) is 19.2 Å². The predicted octanol–water partition coefficient (Wildman–Crippen LogP) is 3.44. The van der Waals surface area contributed by atoms with Gasteiger partial charge in [-0.1, -0.05) is 33.4 Å². The zero-order valence-electron chi connectivity index (χ0n) is 12.3. The highest BCUT2D eigenvalue weighted by molar-refractivity contribution is 5.48. The lowest BCUT2D eigenvalue weighted by atomic mass is 10.1. The lowest BCUT2D eigenvalue weighted by Crippen LogP contribution is -2.21. The van der Waals surface area contributed by atoms with E-state index in [1.807, 2.05) is 26.8 Å². The van der Waals surface area contributed by atoms with Crippen molar-refractivity contribution in [2.75, 3.05) is 6.61 Å². The molecule has 0 bridgehead atoms. The van der Waals surface area contributed by atoms with Crippen LogP contribution in [0.1, 0.15) is 32.8 Å². The van der Waals surface area contributed by atoms with Gasteiger partial charge in [0.1, 0.15) is 6.61 Å². The number of ether oxygens (including phenoxy) is 1. The van der Waals surface area contributed by atoms with Crippen molar-refractivity contribution in [1.82, 2.24) is 5.32 Å². The van der Waals surface area contributed by atoms with E-state index in [4.69, 9.17) is 4.74 Å². The molecule has 0 radical (unpaired) electrons. The molecular weight excluding hydrogens is 256 g/mol. The fourth-order valence-corrected chi connectivity index (χ4v) is 1.54. The molecule has 0 saturated carbocycles. The van der Waals surface area contributed by atoms with Gasteiger partial charge >= 0.3 is 5.69 Å². The third-order valence-corrected chi connectivity index (χ3v) is 2.87. The lowest BCUT2D eigenvalue weighted by molar-refractivity contribution is -0.385. The van der Waals surface area contributed by atoms with Crippen molar-refractivity contribution >= 4 is 5.69 Å². The number of nitro groups is 1. The molecule has 0 aliphatic rings. The van der Waals surface area contributed by atoms with Crippen molar-refractivity contribution < 1.29 is 9.66 Å². The van der Waals surface area contributed by atoms with Crippen molar-refractivity contribution in [2.45, 2.75) is 39.8 Å². The van der Waals surface area contributed by atoms with Gasteiger partial charge < -0.3 is 10.1 Å². The molecule has 5 heteroatoms. The van der Waals surface area contributed by atoms with Gasteiger partial charge in [0.25, 0.3) is 0 Å². The SMILES string of the molecule is C=C(CC)COc1ccc(CNC(C)C)cc1[N+](=O)[O-]. The summed E-state index contributed by atoms with van der Waals surface area (Å²) in [6.45, 7) is 10.8. The quantitative estimate of drug-likeness (QED) is 0.449. The van der Waals surface area contributed by atoms with Gasteiger partial charge in [-0.05, 0) is 23.6 Å². The minimum absolute atomic E-state index is 0.00282. The maximum atomic E-state index is 11.1. The Kier molecular flexibility index (Phi) is 6.18. The fourth-order valence-electron chi connectivity index (χ4n) is 1.54. The Hall–Kier alpha value is -1.88. The first-order valence-electron chi connectivity index (χ1n) is 6.74. The van der Waals surface area contributed by atoms with Crippen LogP contribution in [0.4, 0.5) is 5.69 Å². The van der Waals surface area contributed by atoms with Crippen LogP contribution in [0, 0.1) is 10.1 Å². The summed E-state index contributed by atoms with van der Waals surface area (Å²) in [7, 11) is 0. The molecule has 0 aliphatic heterocycles. The molecule has 0 aromatic heterocycles. The Morgan fingerprint density at radius 2 is 2.20 bits per heavy atom. The first-order chi connectivity index (χ1) is 9.43. The molecule has 0 fully saturated rings. The van der Waals surface area contributed by atoms with E-state index >= 15 is 0 Å². The number of benzene rings is 1. The van der Waals surface area contributed by atoms with Crippen molar-refractivity contribution in [3.8, 4) is 5.75 Å². The average Bonchev–Trinajstić information content (AvgIpc) is 2.42. The highest BCUT2D eigenvalue weighted by Gasteiger charge is 2.16. The third-order valence-electron chi connectivity index (χ3n) is 2.87. The van der Waals surface area contributed by atoms with Gasteiger partial charge in [0.2, 0.25) is 0 Å². The van der Waals surface area contributed by atoms with Crippen LogP contribution in [0.25, 0.3) is 0 Å². The number of hydrogen-bond donors (Lipinski definition) is 1. The van der Waals surface area contributed by atoms with Crippen LogP contribution in [0.3, 0.4) is 0 Å². The van der Waals surface area contributed by atoms with Crippen molar-refractivity contribution in [1.29, 1.82) is 0 Å². The number of nitrogens with one attached hydrogen (secondary N) is 1. The molecule has 0 saturated heterocycles. The molecule has 5 nitrogen and oxygen atoms in total. The van der Waals surface area contributed by atoms with Gasteiger partial charge in [-0.25, -0.2) is 0 Å². The van der Waals surface area contributed by atoms with E-state index in [2.05, 4.69) is 11.9 Å². The molecular formula is C15H22N2O3. The number of rotatable bonds is 8. The zero-order valence-corrected chi connectivity index (χ0v) is 12.3. The summed E-state index contributed by atoms with van der Waals surface area (Å²) < 4.78 is 5.47. The van der Waals surface area contributed by atoms with Gasteiger partial charge in [0.05, 0.1) is 4.92 Å². The van der Waals surface area contributed by atoms with Crippen molar-refractivity contribution in [3.05, 3.63) is 46.0 Å². The molecule has 110 valence electrons. The molecule has 0 spiro atoms. The highest BCUT2D eigenvalue weighted by atomic mass is 16.6. The van der Waals surface area contributed by atoms with Crippen LogP contribution in [0.2, 0.25) is 0 Å². The Labute approximate surface area is 119 Å². The molecule has 0 aliphatic carbocycles. The molecule has 0 atom stereocenters. The molecule has 1 aromatic rings. The zero-order chi connectivity index (χ0) is 15.1. The third kappa shape index (κ3) is 5.01. The van der Waals surface area contributed by atoms with E-state index < -0.39 is 4.92 Å².